The Morgan fingerprint density at radius 2 is 1.74 bits per heavy atom. The molecule has 35 heavy (non-hydrogen) atoms. The van der Waals surface area contributed by atoms with Gasteiger partial charge in [-0.3, -0.25) is 9.48 Å². The van der Waals surface area contributed by atoms with E-state index in [1.807, 2.05) is 48.5 Å². The van der Waals surface area contributed by atoms with Gasteiger partial charge in [-0.2, -0.15) is 5.10 Å². The number of carbonyl (C=O) groups excluding carboxylic acids is 2. The molecule has 0 saturated carbocycles. The Bertz CT molecular complexity index is 1310. The van der Waals surface area contributed by atoms with Crippen LogP contribution in [0, 0.1) is 11.8 Å². The molecule has 178 valence electrons. The molecule has 0 saturated heterocycles. The standard InChI is InChI=1S/C26H24N4O5/c1-3-4-13-22(24(31)28-23-20(25(32)33)14-30(2)29-23)27-26(34)35-15-21-18-11-7-5-9-16(18)17-10-6-8-12-19(17)21/h5-12,14,21-22H,13,15H2,1-2H3,(H,27,34)(H,32,33)(H,28,29,31). The van der Waals surface area contributed by atoms with Gasteiger partial charge in [0, 0.05) is 25.6 Å². The van der Waals surface area contributed by atoms with Gasteiger partial charge in [0.25, 0.3) is 0 Å². The fraction of sp³-hybridized carbons (Fsp3) is 0.231. The van der Waals surface area contributed by atoms with Gasteiger partial charge in [-0.1, -0.05) is 48.5 Å². The number of amides is 2. The van der Waals surface area contributed by atoms with Crippen molar-refractivity contribution >= 4 is 23.8 Å². The first-order chi connectivity index (χ1) is 16.9. The Hall–Kier alpha value is -4.58. The fourth-order valence-electron chi connectivity index (χ4n) is 4.14. The number of carboxylic acid groups (broad SMARTS) is 1. The molecule has 1 aromatic heterocycles. The predicted molar refractivity (Wildman–Crippen MR) is 129 cm³/mol. The summed E-state index contributed by atoms with van der Waals surface area (Å²) in [4.78, 5) is 36.9. The molecule has 9 nitrogen and oxygen atoms in total. The van der Waals surface area contributed by atoms with E-state index in [9.17, 15) is 19.5 Å². The number of fused-ring (bicyclic) bond motifs is 3. The molecule has 0 aliphatic heterocycles. The van der Waals surface area contributed by atoms with E-state index in [2.05, 4.69) is 27.6 Å². The van der Waals surface area contributed by atoms with Crippen LogP contribution in [0.4, 0.5) is 10.6 Å². The van der Waals surface area contributed by atoms with Gasteiger partial charge in [0.05, 0.1) is 0 Å². The number of aryl methyl sites for hydroxylation is 1. The summed E-state index contributed by atoms with van der Waals surface area (Å²) >= 11 is 0. The molecule has 0 bridgehead atoms. The van der Waals surface area contributed by atoms with Crippen LogP contribution < -0.4 is 10.6 Å². The summed E-state index contributed by atoms with van der Waals surface area (Å²) in [7, 11) is 1.54. The van der Waals surface area contributed by atoms with E-state index in [-0.39, 0.29) is 30.3 Å². The second-order valence-corrected chi connectivity index (χ2v) is 8.01. The Kier molecular flexibility index (Phi) is 6.83. The number of aromatic carboxylic acids is 1. The molecular formula is C26H24N4O5. The number of hydrogen-bond donors (Lipinski definition) is 3. The summed E-state index contributed by atoms with van der Waals surface area (Å²) in [5.41, 5.74) is 4.20. The second-order valence-electron chi connectivity index (χ2n) is 8.01. The molecule has 1 heterocycles. The van der Waals surface area contributed by atoms with E-state index in [0.717, 1.165) is 22.3 Å². The molecule has 1 unspecified atom stereocenters. The minimum Gasteiger partial charge on any atom is -0.477 e. The van der Waals surface area contributed by atoms with Gasteiger partial charge < -0.3 is 20.5 Å². The molecule has 1 atom stereocenters. The molecule has 0 fully saturated rings. The van der Waals surface area contributed by atoms with Crippen LogP contribution >= 0.6 is 0 Å². The van der Waals surface area contributed by atoms with Crippen molar-refractivity contribution in [3.63, 3.8) is 0 Å². The molecule has 0 spiro atoms. The number of ether oxygens (including phenoxy) is 1. The van der Waals surface area contributed by atoms with E-state index in [4.69, 9.17) is 4.74 Å². The van der Waals surface area contributed by atoms with Gasteiger partial charge in [-0.05, 0) is 29.2 Å². The van der Waals surface area contributed by atoms with E-state index >= 15 is 0 Å². The quantitative estimate of drug-likeness (QED) is 0.453. The van der Waals surface area contributed by atoms with Crippen molar-refractivity contribution in [1.82, 2.24) is 15.1 Å². The van der Waals surface area contributed by atoms with Crippen molar-refractivity contribution in [2.24, 2.45) is 7.05 Å². The van der Waals surface area contributed by atoms with Gasteiger partial charge in [-0.15, -0.1) is 11.8 Å². The highest BCUT2D eigenvalue weighted by molar-refractivity contribution is 6.01. The minimum atomic E-state index is -1.23. The average molecular weight is 473 g/mol. The van der Waals surface area contributed by atoms with Crippen molar-refractivity contribution in [1.29, 1.82) is 0 Å². The lowest BCUT2D eigenvalue weighted by Crippen LogP contribution is -2.44. The van der Waals surface area contributed by atoms with Crippen LogP contribution in [0.25, 0.3) is 11.1 Å². The first-order valence-electron chi connectivity index (χ1n) is 11.0. The van der Waals surface area contributed by atoms with Crippen molar-refractivity contribution in [3.8, 4) is 23.0 Å². The molecule has 1 aliphatic carbocycles. The highest BCUT2D eigenvalue weighted by Crippen LogP contribution is 2.44. The molecule has 3 N–H and O–H groups in total. The van der Waals surface area contributed by atoms with Gasteiger partial charge in [-0.25, -0.2) is 9.59 Å². The third kappa shape index (κ3) is 5.01. The van der Waals surface area contributed by atoms with Crippen molar-refractivity contribution in [3.05, 3.63) is 71.4 Å². The molecule has 3 aromatic rings. The maximum absolute atomic E-state index is 12.8. The lowest BCUT2D eigenvalue weighted by Gasteiger charge is -2.18. The summed E-state index contributed by atoms with van der Waals surface area (Å²) in [6.45, 7) is 1.71. The van der Waals surface area contributed by atoms with Crippen LogP contribution in [0.5, 0.6) is 0 Å². The molecule has 2 aromatic carbocycles. The zero-order valence-electron chi connectivity index (χ0n) is 19.2. The van der Waals surface area contributed by atoms with Gasteiger partial charge in [0.1, 0.15) is 18.2 Å². The van der Waals surface area contributed by atoms with Crippen LogP contribution in [0.2, 0.25) is 0 Å². The first-order valence-corrected chi connectivity index (χ1v) is 11.0. The van der Waals surface area contributed by atoms with E-state index < -0.39 is 24.0 Å². The first kappa shape index (κ1) is 23.6. The topological polar surface area (TPSA) is 123 Å². The lowest BCUT2D eigenvalue weighted by atomic mass is 9.98. The molecule has 4 rings (SSSR count). The molecule has 2 amide bonds. The number of hydrogen-bond acceptors (Lipinski definition) is 5. The summed E-state index contributed by atoms with van der Waals surface area (Å²) in [5.74, 6) is 3.33. The van der Waals surface area contributed by atoms with Crippen LogP contribution in [0.15, 0.2) is 54.7 Å². The summed E-state index contributed by atoms with van der Waals surface area (Å²) in [6.07, 6.45) is 0.518. The summed E-state index contributed by atoms with van der Waals surface area (Å²) < 4.78 is 6.80. The Balaban J connectivity index is 1.44. The Morgan fingerprint density at radius 3 is 2.34 bits per heavy atom. The highest BCUT2D eigenvalue weighted by Gasteiger charge is 2.30. The van der Waals surface area contributed by atoms with Crippen LogP contribution in [-0.2, 0) is 16.6 Å². The zero-order valence-corrected chi connectivity index (χ0v) is 19.2. The smallest absolute Gasteiger partial charge is 0.407 e. The number of anilines is 1. The average Bonchev–Trinajstić information content (AvgIpc) is 3.37. The lowest BCUT2D eigenvalue weighted by molar-refractivity contribution is -0.118. The molecule has 0 radical (unpaired) electrons. The number of aromatic nitrogens is 2. The number of rotatable bonds is 7. The molecular weight excluding hydrogens is 448 g/mol. The Morgan fingerprint density at radius 1 is 1.11 bits per heavy atom. The van der Waals surface area contributed by atoms with Crippen molar-refractivity contribution in [2.45, 2.75) is 25.3 Å². The maximum atomic E-state index is 12.8. The molecule has 9 heteroatoms. The van der Waals surface area contributed by atoms with Gasteiger partial charge in [0.2, 0.25) is 5.91 Å². The zero-order chi connectivity index (χ0) is 24.9. The van der Waals surface area contributed by atoms with E-state index in [1.54, 1.807) is 6.92 Å². The number of nitrogens with one attached hydrogen (secondary N) is 2. The fourth-order valence-corrected chi connectivity index (χ4v) is 4.14. The normalized spacial score (nSPS) is 12.5. The highest BCUT2D eigenvalue weighted by atomic mass is 16.5. The predicted octanol–water partition coefficient (Wildman–Crippen LogP) is 3.38. The third-order valence-corrected chi connectivity index (χ3v) is 5.74. The van der Waals surface area contributed by atoms with Gasteiger partial charge >= 0.3 is 12.1 Å². The molecule has 1 aliphatic rings. The van der Waals surface area contributed by atoms with Crippen LogP contribution in [-0.4, -0.2) is 45.5 Å². The van der Waals surface area contributed by atoms with Crippen LogP contribution in [0.1, 0.15) is 40.7 Å². The number of nitrogens with zero attached hydrogens (tertiary/aromatic N) is 2. The SMILES string of the molecule is CC#CCC(NC(=O)OCC1c2ccccc2-c2ccccc21)C(=O)Nc1nn(C)cc1C(=O)O. The number of benzene rings is 2. The third-order valence-electron chi connectivity index (χ3n) is 5.74. The largest absolute Gasteiger partial charge is 0.477 e. The second kappa shape index (κ2) is 10.1. The summed E-state index contributed by atoms with van der Waals surface area (Å²) in [5, 5.41) is 18.3. The monoisotopic (exact) mass is 472 g/mol. The Labute approximate surface area is 202 Å². The van der Waals surface area contributed by atoms with E-state index in [0.29, 0.717) is 0 Å². The number of alkyl carbamates (subject to hydrolysis) is 1. The number of carboxylic acids is 1. The van der Waals surface area contributed by atoms with Crippen molar-refractivity contribution < 1.29 is 24.2 Å². The minimum absolute atomic E-state index is 0.0156. The van der Waals surface area contributed by atoms with Crippen molar-refractivity contribution in [2.75, 3.05) is 11.9 Å². The number of carbonyl (C=O) groups is 3. The van der Waals surface area contributed by atoms with Gasteiger partial charge in [0.15, 0.2) is 5.82 Å². The van der Waals surface area contributed by atoms with E-state index in [1.165, 1.54) is 17.9 Å². The summed E-state index contributed by atoms with van der Waals surface area (Å²) in [6, 6.07) is 14.9. The van der Waals surface area contributed by atoms with Crippen LogP contribution in [0.3, 0.4) is 0 Å². The maximum Gasteiger partial charge on any atom is 0.407 e.